The smallest absolute Gasteiger partial charge is 0.319 e. The van der Waals surface area contributed by atoms with Gasteiger partial charge in [-0.1, -0.05) is 0 Å². The topological polar surface area (TPSA) is 118 Å². The number of urea groups is 1. The van der Waals surface area contributed by atoms with E-state index in [9.17, 15) is 9.59 Å². The van der Waals surface area contributed by atoms with Crippen molar-refractivity contribution in [3.05, 3.63) is 36.3 Å². The van der Waals surface area contributed by atoms with Crippen LogP contribution >= 0.6 is 0 Å². The highest BCUT2D eigenvalue weighted by Gasteiger charge is 2.13. The van der Waals surface area contributed by atoms with Crippen molar-refractivity contribution in [2.24, 2.45) is 5.73 Å². The van der Waals surface area contributed by atoms with E-state index in [-0.39, 0.29) is 12.6 Å². The van der Waals surface area contributed by atoms with E-state index in [0.29, 0.717) is 12.2 Å². The van der Waals surface area contributed by atoms with Crippen molar-refractivity contribution in [3.63, 3.8) is 0 Å². The number of hydrogen-bond donors (Lipinski definition) is 3. The number of pyridine rings is 1. The second-order valence-electron chi connectivity index (χ2n) is 5.92. The molecule has 132 valence electrons. The monoisotopic (exact) mass is 343 g/mol. The summed E-state index contributed by atoms with van der Waals surface area (Å²) in [5.74, 6) is 0.454. The molecular formula is C16H21N7O2. The van der Waals surface area contributed by atoms with Crippen LogP contribution in [0.1, 0.15) is 18.4 Å². The van der Waals surface area contributed by atoms with E-state index in [2.05, 4.69) is 25.6 Å². The van der Waals surface area contributed by atoms with Crippen molar-refractivity contribution in [2.45, 2.75) is 25.9 Å². The molecule has 2 aromatic heterocycles. The fourth-order valence-electron chi connectivity index (χ4n) is 2.72. The summed E-state index contributed by atoms with van der Waals surface area (Å²) >= 11 is 0. The Morgan fingerprint density at radius 2 is 2.08 bits per heavy atom. The van der Waals surface area contributed by atoms with E-state index in [4.69, 9.17) is 5.73 Å². The lowest BCUT2D eigenvalue weighted by molar-refractivity contribution is -0.118. The molecule has 4 N–H and O–H groups in total. The molecule has 3 amide bonds. The Hall–Kier alpha value is -3.10. The summed E-state index contributed by atoms with van der Waals surface area (Å²) in [5, 5.41) is 9.40. The van der Waals surface area contributed by atoms with Crippen LogP contribution in [0, 0.1) is 0 Å². The van der Waals surface area contributed by atoms with Crippen molar-refractivity contribution in [1.29, 1.82) is 0 Å². The minimum atomic E-state index is -0.495. The number of nitrogens with zero attached hydrogens (tertiary/aromatic N) is 4. The number of aromatic nitrogens is 3. The number of anilines is 2. The van der Waals surface area contributed by atoms with Crippen molar-refractivity contribution < 1.29 is 9.59 Å². The third-order valence-electron chi connectivity index (χ3n) is 3.90. The van der Waals surface area contributed by atoms with Crippen molar-refractivity contribution in [2.75, 3.05) is 23.3 Å². The minimum absolute atomic E-state index is 0.0282. The van der Waals surface area contributed by atoms with Gasteiger partial charge in [0, 0.05) is 32.0 Å². The van der Waals surface area contributed by atoms with E-state index in [1.54, 1.807) is 12.4 Å². The average Bonchev–Trinajstić information content (AvgIpc) is 3.25. The maximum absolute atomic E-state index is 12.0. The zero-order valence-corrected chi connectivity index (χ0v) is 13.8. The first kappa shape index (κ1) is 16.7. The summed E-state index contributed by atoms with van der Waals surface area (Å²) in [5.41, 5.74) is 6.57. The summed E-state index contributed by atoms with van der Waals surface area (Å²) in [6.45, 7) is 2.42. The highest BCUT2D eigenvalue weighted by Crippen LogP contribution is 2.18. The first-order chi connectivity index (χ1) is 12.1. The number of nitrogens with one attached hydrogen (secondary N) is 2. The molecule has 2 aromatic rings. The molecule has 0 aromatic carbocycles. The Morgan fingerprint density at radius 1 is 1.28 bits per heavy atom. The number of carbonyl (C=O) groups is 2. The van der Waals surface area contributed by atoms with E-state index in [0.717, 1.165) is 24.5 Å². The van der Waals surface area contributed by atoms with Crippen LogP contribution in [0.5, 0.6) is 0 Å². The molecule has 1 saturated heterocycles. The molecule has 1 aliphatic rings. The second-order valence-corrected chi connectivity index (χ2v) is 5.92. The second kappa shape index (κ2) is 7.65. The Kier molecular flexibility index (Phi) is 5.12. The Labute approximate surface area is 145 Å². The van der Waals surface area contributed by atoms with Crippen molar-refractivity contribution in [1.82, 2.24) is 20.1 Å². The van der Waals surface area contributed by atoms with Gasteiger partial charge in [-0.25, -0.2) is 9.78 Å². The molecular weight excluding hydrogens is 322 g/mol. The van der Waals surface area contributed by atoms with Crippen molar-refractivity contribution >= 4 is 23.4 Å². The largest absolute Gasteiger partial charge is 0.368 e. The number of hydrogen-bond acceptors (Lipinski definition) is 5. The predicted molar refractivity (Wildman–Crippen MR) is 93.0 cm³/mol. The lowest BCUT2D eigenvalue weighted by Crippen LogP contribution is -2.28. The van der Waals surface area contributed by atoms with Gasteiger partial charge in [0.05, 0.1) is 11.9 Å². The number of amides is 3. The van der Waals surface area contributed by atoms with E-state index < -0.39 is 5.91 Å². The molecule has 0 unspecified atom stereocenters. The third kappa shape index (κ3) is 4.69. The summed E-state index contributed by atoms with van der Waals surface area (Å²) in [6.07, 6.45) is 7.14. The van der Waals surface area contributed by atoms with Crippen LogP contribution in [0.3, 0.4) is 0 Å². The fourth-order valence-corrected chi connectivity index (χ4v) is 2.72. The van der Waals surface area contributed by atoms with Crippen LogP contribution in [0.4, 0.5) is 16.3 Å². The number of nitrogens with two attached hydrogens (primary N) is 1. The van der Waals surface area contributed by atoms with E-state index in [1.165, 1.54) is 23.7 Å². The van der Waals surface area contributed by atoms with Crippen LogP contribution in [0.25, 0.3) is 0 Å². The van der Waals surface area contributed by atoms with Crippen molar-refractivity contribution in [3.8, 4) is 0 Å². The van der Waals surface area contributed by atoms with Gasteiger partial charge in [0.1, 0.15) is 12.4 Å². The fraction of sp³-hybridized carbons (Fsp3) is 0.375. The molecule has 9 nitrogen and oxygen atoms in total. The number of carbonyl (C=O) groups excluding carboxylic acids is 2. The predicted octanol–water partition coefficient (Wildman–Crippen LogP) is 0.685. The quantitative estimate of drug-likeness (QED) is 0.713. The molecule has 0 spiro atoms. The van der Waals surface area contributed by atoms with Gasteiger partial charge in [-0.2, -0.15) is 5.10 Å². The molecule has 0 radical (unpaired) electrons. The molecule has 3 heterocycles. The van der Waals surface area contributed by atoms with Crippen LogP contribution in [0.15, 0.2) is 30.7 Å². The Morgan fingerprint density at radius 3 is 2.84 bits per heavy atom. The van der Waals surface area contributed by atoms with Crippen LogP contribution in [-0.4, -0.2) is 39.8 Å². The molecule has 0 saturated carbocycles. The molecule has 3 rings (SSSR count). The van der Waals surface area contributed by atoms with Crippen LogP contribution in [-0.2, 0) is 17.9 Å². The summed E-state index contributed by atoms with van der Waals surface area (Å²) < 4.78 is 1.36. The van der Waals surface area contributed by atoms with Gasteiger partial charge in [-0.3, -0.25) is 9.48 Å². The highest BCUT2D eigenvalue weighted by molar-refractivity contribution is 5.88. The number of rotatable bonds is 6. The maximum atomic E-state index is 12.0. The standard InChI is InChI=1S/C16H21N7O2/c17-14(24)11-23-10-13(9-20-23)21-16(25)19-8-12-3-4-18-15(7-12)22-5-1-2-6-22/h3-4,7,9-10H,1-2,5-6,8,11H2,(H2,17,24)(H2,19,21,25). The minimum Gasteiger partial charge on any atom is -0.368 e. The SMILES string of the molecule is NC(=O)Cn1cc(NC(=O)NCc2ccnc(N3CCCC3)c2)cn1. The first-order valence-corrected chi connectivity index (χ1v) is 8.15. The van der Waals surface area contributed by atoms with Gasteiger partial charge >= 0.3 is 6.03 Å². The summed E-state index contributed by atoms with van der Waals surface area (Å²) in [6, 6.07) is 3.53. The molecule has 0 atom stereocenters. The van der Waals surface area contributed by atoms with E-state index in [1.807, 2.05) is 12.1 Å². The normalized spacial score (nSPS) is 13.7. The van der Waals surface area contributed by atoms with Gasteiger partial charge in [0.15, 0.2) is 0 Å². The zero-order chi connectivity index (χ0) is 17.6. The first-order valence-electron chi connectivity index (χ1n) is 8.15. The average molecular weight is 343 g/mol. The lowest BCUT2D eigenvalue weighted by Gasteiger charge is -2.17. The van der Waals surface area contributed by atoms with Crippen LogP contribution < -0.4 is 21.3 Å². The maximum Gasteiger partial charge on any atom is 0.319 e. The van der Waals surface area contributed by atoms with Gasteiger partial charge in [-0.05, 0) is 30.5 Å². The van der Waals surface area contributed by atoms with Crippen LogP contribution in [0.2, 0.25) is 0 Å². The molecule has 1 fully saturated rings. The molecule has 0 bridgehead atoms. The van der Waals surface area contributed by atoms with Gasteiger partial charge < -0.3 is 21.3 Å². The molecule has 9 heteroatoms. The molecule has 1 aliphatic heterocycles. The van der Waals surface area contributed by atoms with Gasteiger partial charge in [-0.15, -0.1) is 0 Å². The summed E-state index contributed by atoms with van der Waals surface area (Å²) in [7, 11) is 0. The number of primary amides is 1. The Bertz CT molecular complexity index is 752. The Balaban J connectivity index is 1.51. The highest BCUT2D eigenvalue weighted by atomic mass is 16.2. The lowest BCUT2D eigenvalue weighted by atomic mass is 10.2. The van der Waals surface area contributed by atoms with E-state index >= 15 is 0 Å². The summed E-state index contributed by atoms with van der Waals surface area (Å²) in [4.78, 5) is 29.5. The zero-order valence-electron chi connectivity index (χ0n) is 13.8. The third-order valence-corrected chi connectivity index (χ3v) is 3.90. The van der Waals surface area contributed by atoms with Gasteiger partial charge in [0.25, 0.3) is 0 Å². The molecule has 25 heavy (non-hydrogen) atoms. The van der Waals surface area contributed by atoms with Gasteiger partial charge in [0.2, 0.25) is 5.91 Å². The molecule has 0 aliphatic carbocycles.